The van der Waals surface area contributed by atoms with E-state index in [1.165, 1.54) is 58.5 Å². The minimum atomic E-state index is -0.380. The van der Waals surface area contributed by atoms with Crippen LogP contribution in [0.3, 0.4) is 0 Å². The highest BCUT2D eigenvalue weighted by molar-refractivity contribution is 5.75. The number of carbonyl (C=O) groups is 3. The first-order valence-corrected chi connectivity index (χ1v) is 14.0. The molecule has 0 unspecified atom stereocenters. The van der Waals surface area contributed by atoms with Crippen LogP contribution in [-0.2, 0) is 33.3 Å². The van der Waals surface area contributed by atoms with E-state index in [-0.39, 0.29) is 29.9 Å². The molecule has 0 aliphatic heterocycles. The minimum Gasteiger partial charge on any atom is -0.469 e. The standard InChI is InChI=1S/C28H53NO7/c1-28(2,3)36-27(32)18-16-14-12-10-8-6-5-7-9-11-13-15-17-25(30)29-20-22-35-24-23-34-21-19-26(31)33-4/h5-24H2,1-4H3,(H,29,30). The molecule has 0 spiro atoms. The van der Waals surface area contributed by atoms with Crippen molar-refractivity contribution in [2.45, 2.75) is 123 Å². The molecule has 0 saturated heterocycles. The van der Waals surface area contributed by atoms with Crippen LogP contribution in [0.2, 0.25) is 0 Å². The molecule has 0 saturated carbocycles. The molecule has 0 aromatic rings. The molecule has 8 nitrogen and oxygen atoms in total. The molecule has 0 rings (SSSR count). The first-order chi connectivity index (χ1) is 17.2. The third-order valence-electron chi connectivity index (χ3n) is 5.57. The van der Waals surface area contributed by atoms with Gasteiger partial charge in [0.05, 0.1) is 40.0 Å². The van der Waals surface area contributed by atoms with Crippen molar-refractivity contribution in [2.75, 3.05) is 40.1 Å². The van der Waals surface area contributed by atoms with Crippen LogP contribution in [0.15, 0.2) is 0 Å². The van der Waals surface area contributed by atoms with Gasteiger partial charge in [0.2, 0.25) is 5.91 Å². The van der Waals surface area contributed by atoms with Gasteiger partial charge in [-0.15, -0.1) is 0 Å². The first-order valence-electron chi connectivity index (χ1n) is 14.0. The Hall–Kier alpha value is -1.67. The number of amides is 1. The molecule has 36 heavy (non-hydrogen) atoms. The van der Waals surface area contributed by atoms with Crippen molar-refractivity contribution in [1.29, 1.82) is 0 Å². The van der Waals surface area contributed by atoms with Crippen LogP contribution < -0.4 is 5.32 Å². The van der Waals surface area contributed by atoms with Crippen LogP contribution >= 0.6 is 0 Å². The van der Waals surface area contributed by atoms with E-state index in [9.17, 15) is 14.4 Å². The largest absolute Gasteiger partial charge is 0.469 e. The molecular formula is C28H53NO7. The predicted octanol–water partition coefficient (Wildman–Crippen LogP) is 5.50. The minimum absolute atomic E-state index is 0.0819. The molecule has 0 bridgehead atoms. The lowest BCUT2D eigenvalue weighted by molar-refractivity contribution is -0.155. The average Bonchev–Trinajstić information content (AvgIpc) is 2.81. The fourth-order valence-corrected chi connectivity index (χ4v) is 3.65. The zero-order chi connectivity index (χ0) is 26.9. The summed E-state index contributed by atoms with van der Waals surface area (Å²) in [5, 5.41) is 2.88. The first kappa shape index (κ1) is 34.3. The molecule has 1 amide bonds. The third kappa shape index (κ3) is 26.9. The van der Waals surface area contributed by atoms with E-state index in [0.29, 0.717) is 45.8 Å². The maximum Gasteiger partial charge on any atom is 0.307 e. The maximum absolute atomic E-state index is 11.8. The Morgan fingerprint density at radius 1 is 0.583 bits per heavy atom. The second-order valence-corrected chi connectivity index (χ2v) is 10.2. The summed E-state index contributed by atoms with van der Waals surface area (Å²) in [6.07, 6.45) is 15.4. The van der Waals surface area contributed by atoms with Gasteiger partial charge in [0, 0.05) is 19.4 Å². The van der Waals surface area contributed by atoms with Crippen molar-refractivity contribution in [1.82, 2.24) is 5.32 Å². The summed E-state index contributed by atoms with van der Waals surface area (Å²) in [7, 11) is 1.35. The highest BCUT2D eigenvalue weighted by atomic mass is 16.6. The number of carbonyl (C=O) groups excluding carboxylic acids is 3. The fourth-order valence-electron chi connectivity index (χ4n) is 3.65. The van der Waals surface area contributed by atoms with E-state index in [4.69, 9.17) is 14.2 Å². The number of ether oxygens (including phenoxy) is 4. The summed E-state index contributed by atoms with van der Waals surface area (Å²) in [6.45, 7) is 7.86. The van der Waals surface area contributed by atoms with Gasteiger partial charge in [-0.3, -0.25) is 14.4 Å². The van der Waals surface area contributed by atoms with Crippen molar-refractivity contribution < 1.29 is 33.3 Å². The number of rotatable bonds is 24. The summed E-state index contributed by atoms with van der Waals surface area (Å²) in [5.74, 6) is -0.285. The van der Waals surface area contributed by atoms with Crippen LogP contribution in [0, 0.1) is 0 Å². The van der Waals surface area contributed by atoms with Crippen molar-refractivity contribution in [2.24, 2.45) is 0 Å². The van der Waals surface area contributed by atoms with Gasteiger partial charge in [-0.2, -0.15) is 0 Å². The van der Waals surface area contributed by atoms with E-state index in [1.807, 2.05) is 20.8 Å². The highest BCUT2D eigenvalue weighted by Crippen LogP contribution is 2.14. The van der Waals surface area contributed by atoms with Gasteiger partial charge in [0.25, 0.3) is 0 Å². The average molecular weight is 516 g/mol. The quantitative estimate of drug-likeness (QED) is 0.134. The maximum atomic E-state index is 11.8. The van der Waals surface area contributed by atoms with E-state index in [1.54, 1.807) is 0 Å². The summed E-state index contributed by atoms with van der Waals surface area (Å²) in [5.41, 5.74) is -0.380. The topological polar surface area (TPSA) is 100 Å². The summed E-state index contributed by atoms with van der Waals surface area (Å²) < 4.78 is 20.5. The molecular weight excluding hydrogens is 462 g/mol. The molecule has 0 fully saturated rings. The number of hydrogen-bond acceptors (Lipinski definition) is 7. The summed E-state index contributed by atoms with van der Waals surface area (Å²) >= 11 is 0. The van der Waals surface area contributed by atoms with Gasteiger partial charge < -0.3 is 24.3 Å². The molecule has 0 aromatic carbocycles. The Balaban J connectivity index is 3.26. The third-order valence-corrected chi connectivity index (χ3v) is 5.57. The Morgan fingerprint density at radius 2 is 1.06 bits per heavy atom. The Kier molecular flexibility index (Phi) is 22.6. The molecule has 1 N–H and O–H groups in total. The summed E-state index contributed by atoms with van der Waals surface area (Å²) in [6, 6.07) is 0. The SMILES string of the molecule is COC(=O)CCOCCOCCNC(=O)CCCCCCCCCCCCCCC(=O)OC(C)(C)C. The molecule has 0 radical (unpaired) electrons. The van der Waals surface area contributed by atoms with E-state index < -0.39 is 0 Å². The molecule has 212 valence electrons. The van der Waals surface area contributed by atoms with Gasteiger partial charge >= 0.3 is 11.9 Å². The van der Waals surface area contributed by atoms with E-state index >= 15 is 0 Å². The monoisotopic (exact) mass is 515 g/mol. The lowest BCUT2D eigenvalue weighted by atomic mass is 10.0. The molecule has 8 heteroatoms. The van der Waals surface area contributed by atoms with Gasteiger partial charge in [-0.25, -0.2) is 0 Å². The number of hydrogen-bond donors (Lipinski definition) is 1. The van der Waals surface area contributed by atoms with Crippen molar-refractivity contribution in [3.63, 3.8) is 0 Å². The molecule has 0 heterocycles. The number of esters is 2. The van der Waals surface area contributed by atoms with Gasteiger partial charge in [-0.05, 0) is 33.6 Å². The smallest absolute Gasteiger partial charge is 0.307 e. The van der Waals surface area contributed by atoms with Crippen LogP contribution in [0.1, 0.15) is 117 Å². The second kappa shape index (κ2) is 23.7. The van der Waals surface area contributed by atoms with Gasteiger partial charge in [0.1, 0.15) is 5.60 Å². The second-order valence-electron chi connectivity index (χ2n) is 10.2. The van der Waals surface area contributed by atoms with Crippen molar-refractivity contribution in [3.05, 3.63) is 0 Å². The number of nitrogens with one attached hydrogen (secondary N) is 1. The Bertz CT molecular complexity index is 561. The Morgan fingerprint density at radius 3 is 1.56 bits per heavy atom. The predicted molar refractivity (Wildman–Crippen MR) is 142 cm³/mol. The van der Waals surface area contributed by atoms with E-state index in [0.717, 1.165) is 25.7 Å². The zero-order valence-corrected chi connectivity index (χ0v) is 23.5. The lowest BCUT2D eigenvalue weighted by Crippen LogP contribution is -2.27. The summed E-state index contributed by atoms with van der Waals surface area (Å²) in [4.78, 5) is 34.4. The fraction of sp³-hybridized carbons (Fsp3) is 0.893. The van der Waals surface area contributed by atoms with Gasteiger partial charge in [-0.1, -0.05) is 64.2 Å². The number of methoxy groups -OCH3 is 1. The molecule has 0 aliphatic carbocycles. The zero-order valence-electron chi connectivity index (χ0n) is 23.5. The Labute approximate surface area is 219 Å². The number of unbranched alkanes of at least 4 members (excludes halogenated alkanes) is 11. The normalized spacial score (nSPS) is 11.3. The van der Waals surface area contributed by atoms with Crippen LogP contribution in [0.4, 0.5) is 0 Å². The highest BCUT2D eigenvalue weighted by Gasteiger charge is 2.15. The van der Waals surface area contributed by atoms with Gasteiger partial charge in [0.15, 0.2) is 0 Å². The molecule has 0 aromatic heterocycles. The lowest BCUT2D eigenvalue weighted by Gasteiger charge is -2.19. The van der Waals surface area contributed by atoms with Crippen LogP contribution in [0.25, 0.3) is 0 Å². The molecule has 0 aliphatic rings. The molecule has 0 atom stereocenters. The van der Waals surface area contributed by atoms with Crippen LogP contribution in [-0.4, -0.2) is 63.5 Å². The van der Waals surface area contributed by atoms with Crippen molar-refractivity contribution >= 4 is 17.8 Å². The van der Waals surface area contributed by atoms with E-state index in [2.05, 4.69) is 10.1 Å². The van der Waals surface area contributed by atoms with Crippen molar-refractivity contribution in [3.8, 4) is 0 Å². The van der Waals surface area contributed by atoms with Crippen LogP contribution in [0.5, 0.6) is 0 Å².